The average molecular weight is 1320 g/mol. The summed E-state index contributed by atoms with van der Waals surface area (Å²) in [5.74, 6) is -2.05. The number of quaternary nitrogens is 1. The number of hydrogen-bond acceptors (Lipinski definition) is 7. The highest BCUT2D eigenvalue weighted by atomic mass is 16.7. The van der Waals surface area contributed by atoms with Gasteiger partial charge in [0.25, 0.3) is 6.29 Å². The predicted octanol–water partition coefficient (Wildman–Crippen LogP) is 24.8. The van der Waals surface area contributed by atoms with Gasteiger partial charge >= 0.3 is 17.9 Å². The van der Waals surface area contributed by atoms with Crippen LogP contribution in [-0.4, -0.2) is 87.4 Å². The van der Waals surface area contributed by atoms with Gasteiger partial charge in [0.05, 0.1) is 34.4 Å². The average Bonchev–Trinajstić information content (AvgIpc) is 3.24. The maximum absolute atomic E-state index is 13.0. The van der Waals surface area contributed by atoms with E-state index in [4.69, 9.17) is 18.9 Å². The van der Waals surface area contributed by atoms with Crippen molar-refractivity contribution in [3.05, 3.63) is 158 Å². The number of aliphatic carboxylic acids is 1. The molecule has 0 rings (SSSR count). The van der Waals surface area contributed by atoms with E-state index in [1.807, 2.05) is 21.1 Å². The van der Waals surface area contributed by atoms with Gasteiger partial charge in [-0.25, -0.2) is 4.79 Å². The summed E-state index contributed by atoms with van der Waals surface area (Å²) in [5, 5.41) is 9.76. The standard InChI is InChI=1S/C86H143NO8/c1-6-8-10-12-14-16-18-20-22-24-26-28-30-32-34-36-38-39-40-41-42-43-44-45-47-48-50-52-54-56-58-60-62-64-66-68-70-72-74-76-83(88)93-80-82(81-94-86(85(90)91)92-79-78-87(3,4)5)95-84(89)77-75-73-71-69-67-65-63-61-59-57-55-53-51-49-46-37-35-33-31-29-27-25-23-21-19-17-15-13-11-9-7-2/h8-11,14-17,20-23,26-29,33,35,46,49,53,55,59,61,65,67,82,86H,6-7,12-13,18-19,24-25,30-32,34,36-45,47-48,50-52,54,56-58,60,62-64,66,68-81H2,1-5H3/p+1/b10-8-,11-9-,16-14-,17-15-,22-20-,23-21-,28-26-,29-27-,35-33-,49-46-,55-53-,61-59-,67-65-. The number of carboxylic acid groups (broad SMARTS) is 1. The summed E-state index contributed by atoms with van der Waals surface area (Å²) < 4.78 is 23.0. The van der Waals surface area contributed by atoms with E-state index in [-0.39, 0.29) is 38.6 Å². The summed E-state index contributed by atoms with van der Waals surface area (Å²) >= 11 is 0. The molecule has 2 unspecified atom stereocenters. The van der Waals surface area contributed by atoms with E-state index >= 15 is 0 Å². The highest BCUT2D eigenvalue weighted by Gasteiger charge is 2.25. The van der Waals surface area contributed by atoms with Gasteiger partial charge in [0.15, 0.2) is 6.10 Å². The lowest BCUT2D eigenvalue weighted by atomic mass is 10.0. The molecular formula is C86H144NO8+. The van der Waals surface area contributed by atoms with Gasteiger partial charge in [0, 0.05) is 12.8 Å². The van der Waals surface area contributed by atoms with Gasteiger partial charge in [-0.15, -0.1) is 0 Å². The van der Waals surface area contributed by atoms with Crippen LogP contribution in [-0.2, 0) is 33.3 Å². The minimum Gasteiger partial charge on any atom is -0.477 e. The van der Waals surface area contributed by atoms with Crippen LogP contribution in [0.4, 0.5) is 0 Å². The lowest BCUT2D eigenvalue weighted by Crippen LogP contribution is -2.40. The SMILES string of the molecule is CC/C=C\C/C=C\C/C=C\C/C=C\C/C=C\C/C=C\C/C=C\C/C=C\C/C=C\CCCCCC(=O)OC(COC(=O)CCCCCCCCCCCCCCCCCCCCCCCCCCCC/C=C\C/C=C\C/C=C\C/C=C\CC)COC(OCC[N+](C)(C)C)C(=O)O. The molecule has 0 fully saturated rings. The fourth-order valence-corrected chi connectivity index (χ4v) is 10.5. The van der Waals surface area contributed by atoms with Gasteiger partial charge in [-0.2, -0.15) is 0 Å². The molecule has 0 aromatic heterocycles. The van der Waals surface area contributed by atoms with Crippen molar-refractivity contribution < 1.29 is 42.9 Å². The van der Waals surface area contributed by atoms with Crippen LogP contribution in [0.2, 0.25) is 0 Å². The minimum atomic E-state index is -1.53. The zero-order valence-electron chi connectivity index (χ0n) is 61.8. The topological polar surface area (TPSA) is 108 Å². The first-order valence-corrected chi connectivity index (χ1v) is 38.6. The Kier molecular flexibility index (Phi) is 70.7. The number of carbonyl (C=O) groups is 3. The number of likely N-dealkylation sites (N-methyl/N-ethyl adjacent to an activating group) is 1. The van der Waals surface area contributed by atoms with Crippen LogP contribution in [0.5, 0.6) is 0 Å². The number of ether oxygens (including phenoxy) is 4. The van der Waals surface area contributed by atoms with Crippen molar-refractivity contribution in [1.29, 1.82) is 0 Å². The number of hydrogen-bond donors (Lipinski definition) is 1. The van der Waals surface area contributed by atoms with E-state index in [0.717, 1.165) is 122 Å². The molecule has 0 aliphatic rings. The quantitative estimate of drug-likeness (QED) is 0.0211. The minimum absolute atomic E-state index is 0.174. The molecule has 0 heterocycles. The second-order valence-electron chi connectivity index (χ2n) is 26.6. The molecule has 0 amide bonds. The summed E-state index contributed by atoms with van der Waals surface area (Å²) in [5.41, 5.74) is 0. The molecule has 0 saturated carbocycles. The van der Waals surface area contributed by atoms with E-state index in [2.05, 4.69) is 172 Å². The number of rotatable bonds is 70. The predicted molar refractivity (Wildman–Crippen MR) is 410 cm³/mol. The fourth-order valence-electron chi connectivity index (χ4n) is 10.5. The van der Waals surface area contributed by atoms with E-state index in [1.165, 1.54) is 154 Å². The third-order valence-electron chi connectivity index (χ3n) is 16.3. The highest BCUT2D eigenvalue weighted by Crippen LogP contribution is 2.18. The van der Waals surface area contributed by atoms with Crippen LogP contribution in [0.3, 0.4) is 0 Å². The molecule has 2 atom stereocenters. The van der Waals surface area contributed by atoms with E-state index in [9.17, 15) is 19.5 Å². The number of carboxylic acids is 1. The Balaban J connectivity index is 4.10. The maximum Gasteiger partial charge on any atom is 0.361 e. The molecule has 9 heteroatoms. The lowest BCUT2D eigenvalue weighted by molar-refractivity contribution is -0.870. The largest absolute Gasteiger partial charge is 0.477 e. The molecule has 540 valence electrons. The van der Waals surface area contributed by atoms with Crippen molar-refractivity contribution in [3.8, 4) is 0 Å². The second kappa shape index (κ2) is 74.7. The zero-order valence-corrected chi connectivity index (χ0v) is 61.8. The first-order chi connectivity index (χ1) is 46.6. The monoisotopic (exact) mass is 1320 g/mol. The van der Waals surface area contributed by atoms with Gasteiger partial charge in [0.1, 0.15) is 13.2 Å². The molecule has 0 aliphatic heterocycles. The van der Waals surface area contributed by atoms with Crippen LogP contribution < -0.4 is 0 Å². The van der Waals surface area contributed by atoms with Crippen LogP contribution in [0.1, 0.15) is 309 Å². The number of nitrogens with zero attached hydrogens (tertiary/aromatic N) is 1. The van der Waals surface area contributed by atoms with Crippen molar-refractivity contribution in [2.45, 2.75) is 322 Å². The molecule has 0 aromatic rings. The number of carbonyl (C=O) groups excluding carboxylic acids is 2. The van der Waals surface area contributed by atoms with Crippen molar-refractivity contribution in [3.63, 3.8) is 0 Å². The van der Waals surface area contributed by atoms with Crippen LogP contribution in [0.15, 0.2) is 158 Å². The summed E-state index contributed by atoms with van der Waals surface area (Å²) in [6.07, 6.45) is 108. The molecule has 0 saturated heterocycles. The summed E-state index contributed by atoms with van der Waals surface area (Å²) in [6.45, 7) is 4.62. The van der Waals surface area contributed by atoms with E-state index in [1.54, 1.807) is 0 Å². The van der Waals surface area contributed by atoms with Gasteiger partial charge in [-0.3, -0.25) is 9.59 Å². The first-order valence-electron chi connectivity index (χ1n) is 38.6. The van der Waals surface area contributed by atoms with Gasteiger partial charge in [0.2, 0.25) is 0 Å². The lowest BCUT2D eigenvalue weighted by Gasteiger charge is -2.25. The number of unbranched alkanes of at least 4 members (excludes halogenated alkanes) is 29. The molecule has 0 aromatic carbocycles. The highest BCUT2D eigenvalue weighted by molar-refractivity contribution is 5.71. The third-order valence-corrected chi connectivity index (χ3v) is 16.3. The van der Waals surface area contributed by atoms with Crippen LogP contribution >= 0.6 is 0 Å². The Hall–Kier alpha value is -5.09. The molecule has 1 N–H and O–H groups in total. The number of esters is 2. The van der Waals surface area contributed by atoms with Crippen molar-refractivity contribution in [2.75, 3.05) is 47.5 Å². The smallest absolute Gasteiger partial charge is 0.361 e. The summed E-state index contributed by atoms with van der Waals surface area (Å²) in [7, 11) is 5.96. The summed E-state index contributed by atoms with van der Waals surface area (Å²) in [4.78, 5) is 37.7. The van der Waals surface area contributed by atoms with Crippen LogP contribution in [0, 0.1) is 0 Å². The Morgan fingerprint density at radius 2 is 0.568 bits per heavy atom. The van der Waals surface area contributed by atoms with Crippen molar-refractivity contribution in [2.24, 2.45) is 0 Å². The Labute approximate surface area is 584 Å². The van der Waals surface area contributed by atoms with Crippen molar-refractivity contribution >= 4 is 17.9 Å². The first kappa shape index (κ1) is 89.9. The molecule has 0 radical (unpaired) electrons. The Bertz CT molecular complexity index is 2130. The zero-order chi connectivity index (χ0) is 69.0. The third kappa shape index (κ3) is 76.1. The van der Waals surface area contributed by atoms with Crippen molar-refractivity contribution in [1.82, 2.24) is 0 Å². The molecule has 95 heavy (non-hydrogen) atoms. The molecule has 9 nitrogen and oxygen atoms in total. The molecule has 0 aliphatic carbocycles. The molecular weight excluding hydrogens is 1170 g/mol. The molecule has 0 bridgehead atoms. The van der Waals surface area contributed by atoms with E-state index < -0.39 is 24.3 Å². The maximum atomic E-state index is 13.0. The fraction of sp³-hybridized carbons (Fsp3) is 0.663. The summed E-state index contributed by atoms with van der Waals surface area (Å²) in [6, 6.07) is 0. The van der Waals surface area contributed by atoms with Gasteiger partial charge in [-0.05, 0) is 122 Å². The Morgan fingerprint density at radius 1 is 0.316 bits per heavy atom. The van der Waals surface area contributed by atoms with Gasteiger partial charge in [-0.1, -0.05) is 332 Å². The second-order valence-corrected chi connectivity index (χ2v) is 26.6. The van der Waals surface area contributed by atoms with Gasteiger partial charge < -0.3 is 28.5 Å². The van der Waals surface area contributed by atoms with Crippen LogP contribution in [0.25, 0.3) is 0 Å². The van der Waals surface area contributed by atoms with E-state index in [0.29, 0.717) is 17.4 Å². The normalized spacial score (nSPS) is 13.6. The number of allylic oxidation sites excluding steroid dienone is 26. The Morgan fingerprint density at radius 3 is 0.853 bits per heavy atom. The molecule has 0 spiro atoms.